The molecule has 0 N–H and O–H groups in total. The van der Waals surface area contributed by atoms with Gasteiger partial charge in [0.25, 0.3) is 0 Å². The van der Waals surface area contributed by atoms with E-state index in [9.17, 15) is 0 Å². The zero-order chi connectivity index (χ0) is 20.2. The van der Waals surface area contributed by atoms with Crippen molar-refractivity contribution in [1.29, 1.82) is 0 Å². The summed E-state index contributed by atoms with van der Waals surface area (Å²) in [5.74, 6) is 0. The van der Waals surface area contributed by atoms with E-state index in [1.807, 2.05) is 0 Å². The second kappa shape index (κ2) is 8.66. The van der Waals surface area contributed by atoms with E-state index in [1.165, 1.54) is 38.2 Å². The average molecular weight is 402 g/mol. The maximum absolute atomic E-state index is 2.37. The minimum Gasteiger partial charge on any atom is -0.0722 e. The van der Waals surface area contributed by atoms with Crippen molar-refractivity contribution < 1.29 is 0 Å². The van der Waals surface area contributed by atoms with Gasteiger partial charge in [-0.15, -0.1) is 0 Å². The van der Waals surface area contributed by atoms with Gasteiger partial charge >= 0.3 is 0 Å². The average Bonchev–Trinajstić information content (AvgIpc) is 3.32. The Morgan fingerprint density at radius 2 is 1.07 bits per heavy atom. The van der Waals surface area contributed by atoms with Gasteiger partial charge in [0.1, 0.15) is 0 Å². The Kier molecular flexibility index (Phi) is 5.42. The van der Waals surface area contributed by atoms with E-state index in [0.29, 0.717) is 0 Å². The second-order valence-corrected chi connectivity index (χ2v) is 9.61. The smallest absolute Gasteiger partial charge is 0.00758 e. The third-order valence-corrected chi connectivity index (χ3v) is 8.00. The summed E-state index contributed by atoms with van der Waals surface area (Å²) in [6, 6.07) is 41.5. The molecular formula is C29H23P. The first kappa shape index (κ1) is 18.8. The molecule has 0 amide bonds. The summed E-state index contributed by atoms with van der Waals surface area (Å²) in [5.41, 5.74) is 5.39. The lowest BCUT2D eigenvalue weighted by molar-refractivity contribution is 1.44. The van der Waals surface area contributed by atoms with Crippen LogP contribution in [0.1, 0.15) is 17.5 Å². The molecule has 0 fully saturated rings. The zero-order valence-corrected chi connectivity index (χ0v) is 17.7. The van der Waals surface area contributed by atoms with E-state index in [1.54, 1.807) is 0 Å². The van der Waals surface area contributed by atoms with Gasteiger partial charge in [-0.3, -0.25) is 0 Å². The molecule has 144 valence electrons. The Bertz CT molecular complexity index is 1150. The summed E-state index contributed by atoms with van der Waals surface area (Å²) in [6.45, 7) is 0. The normalized spacial score (nSPS) is 13.2. The third kappa shape index (κ3) is 3.80. The molecule has 0 aliphatic heterocycles. The maximum atomic E-state index is 2.37. The van der Waals surface area contributed by atoms with Crippen LogP contribution in [0.4, 0.5) is 0 Å². The molecule has 1 heteroatoms. The summed E-state index contributed by atoms with van der Waals surface area (Å²) in [4.78, 5) is 0. The minimum absolute atomic E-state index is 0.615. The lowest BCUT2D eigenvalue weighted by atomic mass is 10.0. The molecule has 30 heavy (non-hydrogen) atoms. The van der Waals surface area contributed by atoms with Gasteiger partial charge in [0.2, 0.25) is 0 Å². The van der Waals surface area contributed by atoms with Crippen LogP contribution in [0.5, 0.6) is 0 Å². The molecular weight excluding hydrogens is 379 g/mol. The van der Waals surface area contributed by atoms with Crippen molar-refractivity contribution in [3.63, 3.8) is 0 Å². The van der Waals surface area contributed by atoms with Crippen molar-refractivity contribution in [3.05, 3.63) is 139 Å². The highest BCUT2D eigenvalue weighted by Crippen LogP contribution is 2.39. The minimum atomic E-state index is -0.615. The first-order valence-electron chi connectivity index (χ1n) is 10.4. The van der Waals surface area contributed by atoms with Crippen LogP contribution in [0.15, 0.2) is 127 Å². The van der Waals surface area contributed by atoms with Gasteiger partial charge in [0.05, 0.1) is 0 Å². The van der Waals surface area contributed by atoms with Crippen LogP contribution < -0.4 is 15.9 Å². The van der Waals surface area contributed by atoms with E-state index < -0.39 is 7.92 Å². The van der Waals surface area contributed by atoms with Crippen molar-refractivity contribution >= 4 is 35.0 Å². The molecule has 5 rings (SSSR count). The highest BCUT2D eigenvalue weighted by molar-refractivity contribution is 7.80. The summed E-state index contributed by atoms with van der Waals surface area (Å²) in [6.07, 6.45) is 5.71. The number of hydrogen-bond acceptors (Lipinski definition) is 0. The highest BCUT2D eigenvalue weighted by Gasteiger charge is 2.21. The summed E-state index contributed by atoms with van der Waals surface area (Å²) in [7, 11) is -0.615. The topological polar surface area (TPSA) is 0 Å². The Labute approximate surface area is 180 Å². The molecule has 1 aliphatic rings. The molecule has 0 atom stereocenters. The van der Waals surface area contributed by atoms with Gasteiger partial charge in [0, 0.05) is 0 Å². The van der Waals surface area contributed by atoms with Crippen LogP contribution in [0, 0.1) is 0 Å². The molecule has 0 unspecified atom stereocenters. The third-order valence-electron chi connectivity index (χ3n) is 5.50. The van der Waals surface area contributed by atoms with Gasteiger partial charge in [-0.2, -0.15) is 0 Å². The Morgan fingerprint density at radius 1 is 0.533 bits per heavy atom. The van der Waals surface area contributed by atoms with Crippen LogP contribution in [-0.4, -0.2) is 0 Å². The Balaban J connectivity index is 1.60. The van der Waals surface area contributed by atoms with E-state index in [4.69, 9.17) is 0 Å². The summed E-state index contributed by atoms with van der Waals surface area (Å²) in [5, 5.41) is 4.21. The van der Waals surface area contributed by atoms with E-state index in [-0.39, 0.29) is 0 Å². The SMILES string of the molecule is C1=C(c2ccccc2)C=C(c2ccccc2P(c2ccccc2)c2ccccc2)C1. The molecule has 0 nitrogen and oxygen atoms in total. The lowest BCUT2D eigenvalue weighted by Crippen LogP contribution is -2.22. The van der Waals surface area contributed by atoms with Crippen LogP contribution in [0.25, 0.3) is 11.1 Å². The number of allylic oxidation sites excluding steroid dienone is 4. The predicted octanol–water partition coefficient (Wildman–Crippen LogP) is 6.32. The fraction of sp³-hybridized carbons (Fsp3) is 0.0345. The van der Waals surface area contributed by atoms with Crippen LogP contribution >= 0.6 is 7.92 Å². The number of rotatable bonds is 5. The molecule has 0 spiro atoms. The van der Waals surface area contributed by atoms with Gasteiger partial charge in [-0.1, -0.05) is 127 Å². The molecule has 0 heterocycles. The van der Waals surface area contributed by atoms with Crippen LogP contribution in [0.3, 0.4) is 0 Å². The van der Waals surface area contributed by atoms with Crippen LogP contribution in [0.2, 0.25) is 0 Å². The largest absolute Gasteiger partial charge is 0.0722 e. The van der Waals surface area contributed by atoms with Crippen molar-refractivity contribution in [2.75, 3.05) is 0 Å². The predicted molar refractivity (Wildman–Crippen MR) is 132 cm³/mol. The monoisotopic (exact) mass is 402 g/mol. The van der Waals surface area contributed by atoms with Gasteiger partial charge in [-0.25, -0.2) is 0 Å². The van der Waals surface area contributed by atoms with Crippen molar-refractivity contribution in [3.8, 4) is 0 Å². The molecule has 0 saturated carbocycles. The van der Waals surface area contributed by atoms with Crippen molar-refractivity contribution in [2.45, 2.75) is 6.42 Å². The lowest BCUT2D eigenvalue weighted by Gasteiger charge is -2.22. The summed E-state index contributed by atoms with van der Waals surface area (Å²) >= 11 is 0. The second-order valence-electron chi connectivity index (χ2n) is 7.42. The van der Waals surface area contributed by atoms with Crippen LogP contribution in [-0.2, 0) is 0 Å². The van der Waals surface area contributed by atoms with E-state index in [2.05, 4.69) is 127 Å². The molecule has 0 saturated heterocycles. The van der Waals surface area contributed by atoms with E-state index >= 15 is 0 Å². The fourth-order valence-electron chi connectivity index (χ4n) is 4.07. The number of benzene rings is 4. The molecule has 0 bridgehead atoms. The van der Waals surface area contributed by atoms with Gasteiger partial charge < -0.3 is 0 Å². The fourth-order valence-corrected chi connectivity index (χ4v) is 6.56. The quantitative estimate of drug-likeness (QED) is 0.343. The van der Waals surface area contributed by atoms with Crippen molar-refractivity contribution in [2.24, 2.45) is 0 Å². The Hall–Kier alpha value is -3.21. The molecule has 1 aliphatic carbocycles. The first-order chi connectivity index (χ1) is 14.9. The summed E-state index contributed by atoms with van der Waals surface area (Å²) < 4.78 is 0. The molecule has 0 radical (unpaired) electrons. The zero-order valence-electron chi connectivity index (χ0n) is 16.8. The van der Waals surface area contributed by atoms with Crippen molar-refractivity contribution in [1.82, 2.24) is 0 Å². The Morgan fingerprint density at radius 3 is 1.70 bits per heavy atom. The van der Waals surface area contributed by atoms with Gasteiger partial charge in [-0.05, 0) is 52.5 Å². The van der Waals surface area contributed by atoms with E-state index in [0.717, 1.165) is 6.42 Å². The highest BCUT2D eigenvalue weighted by atomic mass is 31.1. The first-order valence-corrected chi connectivity index (χ1v) is 11.7. The molecule has 4 aromatic rings. The van der Waals surface area contributed by atoms with Gasteiger partial charge in [0.15, 0.2) is 0 Å². The number of hydrogen-bond donors (Lipinski definition) is 0. The standard InChI is InChI=1S/C29H23P/c1-4-12-23(13-5-1)24-20-21-25(22-24)28-18-10-11-19-29(28)30(26-14-6-2-7-15-26)27-16-8-3-9-17-27/h1-20,22H,21H2. The maximum Gasteiger partial charge on any atom is -0.00758 e. The molecule has 4 aromatic carbocycles. The molecule has 0 aromatic heterocycles.